The molecule has 1 unspecified atom stereocenters. The van der Waals surface area contributed by atoms with Gasteiger partial charge in [0.05, 0.1) is 17.5 Å². The van der Waals surface area contributed by atoms with E-state index in [4.69, 9.17) is 4.74 Å². The van der Waals surface area contributed by atoms with Gasteiger partial charge in [-0.25, -0.2) is 9.97 Å². The lowest BCUT2D eigenvalue weighted by Gasteiger charge is -2.41. The van der Waals surface area contributed by atoms with Crippen molar-refractivity contribution in [3.05, 3.63) is 17.5 Å². The van der Waals surface area contributed by atoms with Crippen molar-refractivity contribution in [1.82, 2.24) is 14.9 Å². The van der Waals surface area contributed by atoms with Gasteiger partial charge >= 0.3 is 0 Å². The first-order chi connectivity index (χ1) is 9.75. The Kier molecular flexibility index (Phi) is 4.88. The minimum atomic E-state index is -0.283. The zero-order valence-electron chi connectivity index (χ0n) is 13.3. The molecule has 1 aliphatic rings. The van der Waals surface area contributed by atoms with Crippen LogP contribution in [-0.4, -0.2) is 51.3 Å². The average Bonchev–Trinajstić information content (AvgIpc) is 2.32. The van der Waals surface area contributed by atoms with E-state index in [0.29, 0.717) is 24.0 Å². The molecule has 116 valence electrons. The maximum Gasteiger partial charge on any atom is 0.233 e. The van der Waals surface area contributed by atoms with Crippen molar-refractivity contribution in [2.45, 2.75) is 51.5 Å². The second-order valence-electron chi connectivity index (χ2n) is 6.18. The summed E-state index contributed by atoms with van der Waals surface area (Å²) in [4.78, 5) is 22.9. The lowest BCUT2D eigenvalue weighted by Crippen LogP contribution is -2.54. The Hall–Kier alpha value is -1.14. The fraction of sp³-hybridized carbons (Fsp3) is 0.667. The molecule has 0 saturated carbocycles. The maximum atomic E-state index is 12.4. The molecule has 0 spiro atoms. The lowest BCUT2D eigenvalue weighted by molar-refractivity contribution is -0.155. The van der Waals surface area contributed by atoms with Crippen LogP contribution in [0, 0.1) is 13.8 Å². The van der Waals surface area contributed by atoms with Gasteiger partial charge in [0.25, 0.3) is 0 Å². The molecule has 2 rings (SSSR count). The van der Waals surface area contributed by atoms with Gasteiger partial charge in [0.1, 0.15) is 0 Å². The number of carbonyl (C=O) groups excluding carboxylic acids is 1. The van der Waals surface area contributed by atoms with E-state index in [9.17, 15) is 4.79 Å². The van der Waals surface area contributed by atoms with Crippen molar-refractivity contribution >= 4 is 17.7 Å². The van der Waals surface area contributed by atoms with Crippen LogP contribution >= 0.6 is 11.8 Å². The maximum absolute atomic E-state index is 12.4. The van der Waals surface area contributed by atoms with Crippen molar-refractivity contribution in [3.8, 4) is 0 Å². The van der Waals surface area contributed by atoms with E-state index in [1.54, 1.807) is 0 Å². The number of aromatic nitrogens is 2. The van der Waals surface area contributed by atoms with Gasteiger partial charge in [-0.05, 0) is 40.7 Å². The van der Waals surface area contributed by atoms with Crippen molar-refractivity contribution in [1.29, 1.82) is 0 Å². The largest absolute Gasteiger partial charge is 0.369 e. The van der Waals surface area contributed by atoms with E-state index in [2.05, 4.69) is 9.97 Å². The Bertz CT molecular complexity index is 513. The minimum Gasteiger partial charge on any atom is -0.369 e. The fourth-order valence-corrected chi connectivity index (χ4v) is 3.47. The van der Waals surface area contributed by atoms with Crippen molar-refractivity contribution in [3.63, 3.8) is 0 Å². The first kappa shape index (κ1) is 16.2. The van der Waals surface area contributed by atoms with Crippen LogP contribution in [0.15, 0.2) is 11.2 Å². The number of rotatable bonds is 3. The molecule has 1 aromatic rings. The second-order valence-corrected chi connectivity index (χ2v) is 7.13. The number of aryl methyl sites for hydroxylation is 2. The van der Waals surface area contributed by atoms with Crippen molar-refractivity contribution < 1.29 is 9.53 Å². The topological polar surface area (TPSA) is 55.3 Å². The Morgan fingerprint density at radius 3 is 2.62 bits per heavy atom. The van der Waals surface area contributed by atoms with Crippen LogP contribution < -0.4 is 0 Å². The van der Waals surface area contributed by atoms with E-state index in [0.717, 1.165) is 11.4 Å². The summed E-state index contributed by atoms with van der Waals surface area (Å²) < 4.78 is 5.82. The fourth-order valence-electron chi connectivity index (χ4n) is 2.62. The normalized spacial score (nSPS) is 21.4. The number of hydrogen-bond acceptors (Lipinski definition) is 5. The average molecular weight is 309 g/mol. The number of ether oxygens (including phenoxy) is 1. The summed E-state index contributed by atoms with van der Waals surface area (Å²) in [5.74, 6) is 0.483. The first-order valence-corrected chi connectivity index (χ1v) is 8.14. The number of carbonyl (C=O) groups is 1. The van der Waals surface area contributed by atoms with Crippen LogP contribution in [0.4, 0.5) is 0 Å². The predicted molar refractivity (Wildman–Crippen MR) is 83.4 cm³/mol. The van der Waals surface area contributed by atoms with Gasteiger partial charge in [0.15, 0.2) is 5.16 Å². The zero-order valence-corrected chi connectivity index (χ0v) is 14.2. The zero-order chi connectivity index (χ0) is 15.6. The molecule has 0 radical (unpaired) electrons. The monoisotopic (exact) mass is 309 g/mol. The first-order valence-electron chi connectivity index (χ1n) is 7.16. The Morgan fingerprint density at radius 1 is 1.43 bits per heavy atom. The van der Waals surface area contributed by atoms with Crippen LogP contribution in [-0.2, 0) is 9.53 Å². The van der Waals surface area contributed by atoms with E-state index >= 15 is 0 Å². The van der Waals surface area contributed by atoms with Gasteiger partial charge < -0.3 is 9.64 Å². The summed E-state index contributed by atoms with van der Waals surface area (Å²) in [5.41, 5.74) is 1.58. The highest BCUT2D eigenvalue weighted by Gasteiger charge is 2.33. The molecule has 0 aliphatic carbocycles. The summed E-state index contributed by atoms with van der Waals surface area (Å²) in [6.45, 7) is 11.2. The van der Waals surface area contributed by atoms with Gasteiger partial charge in [0, 0.05) is 24.5 Å². The Balaban J connectivity index is 1.95. The van der Waals surface area contributed by atoms with Crippen LogP contribution in [0.1, 0.15) is 32.2 Å². The predicted octanol–water partition coefficient (Wildman–Crippen LogP) is 2.21. The second kappa shape index (κ2) is 6.32. The molecule has 1 aromatic heterocycles. The number of morpholine rings is 1. The third-order valence-electron chi connectivity index (χ3n) is 3.21. The molecule has 1 saturated heterocycles. The minimum absolute atomic E-state index is 0.0696. The highest BCUT2D eigenvalue weighted by atomic mass is 32.2. The molecule has 2 heterocycles. The quantitative estimate of drug-likeness (QED) is 0.633. The van der Waals surface area contributed by atoms with Crippen molar-refractivity contribution in [2.75, 3.05) is 18.8 Å². The number of hydrogen-bond donors (Lipinski definition) is 0. The van der Waals surface area contributed by atoms with Crippen LogP contribution in [0.5, 0.6) is 0 Å². The number of thioether (sulfide) groups is 1. The van der Waals surface area contributed by atoms with Crippen LogP contribution in [0.3, 0.4) is 0 Å². The summed E-state index contributed by atoms with van der Waals surface area (Å²) >= 11 is 1.40. The van der Waals surface area contributed by atoms with Crippen LogP contribution in [0.25, 0.3) is 0 Å². The van der Waals surface area contributed by atoms with Crippen LogP contribution in [0.2, 0.25) is 0 Å². The van der Waals surface area contributed by atoms with Gasteiger partial charge in [-0.1, -0.05) is 11.8 Å². The summed E-state index contributed by atoms with van der Waals surface area (Å²) in [6, 6.07) is 1.93. The van der Waals surface area contributed by atoms with Crippen molar-refractivity contribution in [2.24, 2.45) is 0 Å². The molecule has 0 bridgehead atoms. The Labute approximate surface area is 130 Å². The smallest absolute Gasteiger partial charge is 0.233 e. The van der Waals surface area contributed by atoms with E-state index in [-0.39, 0.29) is 17.6 Å². The molecular formula is C15H23N3O2S. The molecule has 1 aliphatic heterocycles. The SMILES string of the molecule is Cc1cc(C)nc(SCC(=O)N2CC(C)OC(C)(C)C2)n1. The van der Waals surface area contributed by atoms with Gasteiger partial charge in [-0.15, -0.1) is 0 Å². The van der Waals surface area contributed by atoms with E-state index < -0.39 is 0 Å². The van der Waals surface area contributed by atoms with Gasteiger partial charge in [0.2, 0.25) is 5.91 Å². The summed E-state index contributed by atoms with van der Waals surface area (Å²) in [7, 11) is 0. The Morgan fingerprint density at radius 2 is 2.05 bits per heavy atom. The molecular weight excluding hydrogens is 286 g/mol. The molecule has 1 fully saturated rings. The molecule has 5 nitrogen and oxygen atoms in total. The highest BCUT2D eigenvalue weighted by molar-refractivity contribution is 7.99. The van der Waals surface area contributed by atoms with E-state index in [1.807, 2.05) is 45.6 Å². The number of nitrogens with zero attached hydrogens (tertiary/aromatic N) is 3. The molecule has 6 heteroatoms. The van der Waals surface area contributed by atoms with Gasteiger partial charge in [-0.2, -0.15) is 0 Å². The molecule has 1 atom stereocenters. The highest BCUT2D eigenvalue weighted by Crippen LogP contribution is 2.22. The third kappa shape index (κ3) is 4.68. The molecule has 1 amide bonds. The van der Waals surface area contributed by atoms with E-state index in [1.165, 1.54) is 11.8 Å². The number of amides is 1. The summed E-state index contributed by atoms with van der Waals surface area (Å²) in [6.07, 6.45) is 0.0696. The van der Waals surface area contributed by atoms with Gasteiger partial charge in [-0.3, -0.25) is 4.79 Å². The summed E-state index contributed by atoms with van der Waals surface area (Å²) in [5, 5.41) is 0.668. The molecule has 21 heavy (non-hydrogen) atoms. The third-order valence-corrected chi connectivity index (χ3v) is 4.04. The molecule has 0 N–H and O–H groups in total. The standard InChI is InChI=1S/C15H23N3O2S/c1-10-6-11(2)17-14(16-10)21-8-13(19)18-7-12(3)20-15(4,5)9-18/h6,12H,7-9H2,1-5H3. The molecule has 0 aromatic carbocycles. The lowest BCUT2D eigenvalue weighted by atomic mass is 10.1.